The van der Waals surface area contributed by atoms with Crippen LogP contribution in [0.2, 0.25) is 0 Å². The van der Waals surface area contributed by atoms with Crippen LogP contribution in [0.15, 0.2) is 49.1 Å². The Hall–Kier alpha value is -4.30. The van der Waals surface area contributed by atoms with Gasteiger partial charge >= 0.3 is 0 Å². The van der Waals surface area contributed by atoms with Crippen LogP contribution in [0, 0.1) is 22.7 Å². The van der Waals surface area contributed by atoms with Crippen molar-refractivity contribution >= 4 is 0 Å². The van der Waals surface area contributed by atoms with E-state index in [0.29, 0.717) is 11.5 Å². The largest absolute Gasteiger partial charge is 0.488 e. The Morgan fingerprint density at radius 3 is 1.47 bits per heavy atom. The van der Waals surface area contributed by atoms with Gasteiger partial charge in [0.15, 0.2) is 11.5 Å². The molecule has 0 atom stereocenters. The van der Waals surface area contributed by atoms with Gasteiger partial charge in [-0.05, 0) is 38.1 Å². The van der Waals surface area contributed by atoms with Crippen LogP contribution in [0.1, 0.15) is 25.0 Å². The molecule has 3 aromatic rings. The lowest BCUT2D eigenvalue weighted by Crippen LogP contribution is -2.06. The highest BCUT2D eigenvalue weighted by Crippen LogP contribution is 2.52. The summed E-state index contributed by atoms with van der Waals surface area (Å²) < 4.78 is 23.5. The van der Waals surface area contributed by atoms with E-state index in [4.69, 9.17) is 18.9 Å². The van der Waals surface area contributed by atoms with Crippen LogP contribution in [0.5, 0.6) is 34.5 Å². The van der Waals surface area contributed by atoms with Crippen molar-refractivity contribution in [2.45, 2.75) is 13.8 Å². The van der Waals surface area contributed by atoms with Gasteiger partial charge < -0.3 is 18.9 Å². The van der Waals surface area contributed by atoms with Gasteiger partial charge in [-0.1, -0.05) is 0 Å². The molecular weight excluding hydrogens is 384 g/mol. The van der Waals surface area contributed by atoms with Gasteiger partial charge in [0.1, 0.15) is 34.8 Å². The molecule has 2 aromatic heterocycles. The van der Waals surface area contributed by atoms with E-state index in [9.17, 15) is 10.5 Å². The summed E-state index contributed by atoms with van der Waals surface area (Å²) in [5.74, 6) is 1.17. The molecule has 3 rings (SSSR count). The fourth-order valence-electron chi connectivity index (χ4n) is 2.67. The zero-order valence-corrected chi connectivity index (χ0v) is 16.5. The van der Waals surface area contributed by atoms with Crippen molar-refractivity contribution in [1.29, 1.82) is 10.5 Å². The number of nitrogens with zero attached hydrogens (tertiary/aromatic N) is 4. The molecule has 0 saturated carbocycles. The number of benzene rings is 1. The van der Waals surface area contributed by atoms with Gasteiger partial charge in [-0.25, -0.2) is 0 Å². The summed E-state index contributed by atoms with van der Waals surface area (Å²) >= 11 is 0. The Bertz CT molecular complexity index is 1000. The van der Waals surface area contributed by atoms with E-state index >= 15 is 0 Å². The summed E-state index contributed by atoms with van der Waals surface area (Å²) in [7, 11) is 0. The summed E-state index contributed by atoms with van der Waals surface area (Å²) in [5, 5.41) is 19.5. The van der Waals surface area contributed by atoms with Crippen LogP contribution in [0.25, 0.3) is 0 Å². The molecule has 2 heterocycles. The van der Waals surface area contributed by atoms with Crippen molar-refractivity contribution in [3.8, 4) is 46.6 Å². The Morgan fingerprint density at radius 1 is 0.733 bits per heavy atom. The number of rotatable bonds is 8. The first-order valence-corrected chi connectivity index (χ1v) is 9.18. The van der Waals surface area contributed by atoms with Crippen LogP contribution in [-0.4, -0.2) is 23.2 Å². The third kappa shape index (κ3) is 4.23. The second-order valence-electron chi connectivity index (χ2n) is 5.74. The molecule has 150 valence electrons. The first-order valence-electron chi connectivity index (χ1n) is 9.18. The molecule has 0 aliphatic carbocycles. The highest BCUT2D eigenvalue weighted by atomic mass is 16.6. The fraction of sp³-hybridized carbons (Fsp3) is 0.182. The molecule has 8 nitrogen and oxygen atoms in total. The maximum absolute atomic E-state index is 9.77. The third-order valence-electron chi connectivity index (χ3n) is 3.83. The van der Waals surface area contributed by atoms with Gasteiger partial charge in [0.2, 0.25) is 11.5 Å². The number of aromatic nitrogens is 2. The van der Waals surface area contributed by atoms with Gasteiger partial charge in [0, 0.05) is 12.4 Å². The Balaban J connectivity index is 2.32. The number of pyridine rings is 2. The van der Waals surface area contributed by atoms with E-state index in [2.05, 4.69) is 9.97 Å². The lowest BCUT2D eigenvalue weighted by molar-refractivity contribution is 0.293. The molecule has 0 radical (unpaired) electrons. The fourth-order valence-corrected chi connectivity index (χ4v) is 2.67. The Kier molecular flexibility index (Phi) is 6.65. The number of nitriles is 2. The summed E-state index contributed by atoms with van der Waals surface area (Å²) in [4.78, 5) is 8.08. The van der Waals surface area contributed by atoms with Crippen LogP contribution in [0.4, 0.5) is 0 Å². The van der Waals surface area contributed by atoms with E-state index in [-0.39, 0.29) is 47.3 Å². The number of hydrogen-bond acceptors (Lipinski definition) is 8. The zero-order chi connectivity index (χ0) is 21.3. The maximum Gasteiger partial charge on any atom is 0.217 e. The maximum atomic E-state index is 9.77. The average molecular weight is 402 g/mol. The minimum Gasteiger partial charge on any atom is -0.488 e. The standard InChI is InChI=1S/C22H18N4O4/c1-3-27-19-17(11-23)18(12-24)20(28-4-2)22(30-16-8-6-10-26-14-16)21(19)29-15-7-5-9-25-13-15/h5-10,13-14H,3-4H2,1-2H3. The quantitative estimate of drug-likeness (QED) is 0.537. The second-order valence-corrected chi connectivity index (χ2v) is 5.74. The Labute approximate surface area is 173 Å². The van der Waals surface area contributed by atoms with Crippen LogP contribution < -0.4 is 18.9 Å². The van der Waals surface area contributed by atoms with Crippen molar-refractivity contribution in [3.05, 3.63) is 60.2 Å². The zero-order valence-electron chi connectivity index (χ0n) is 16.5. The van der Waals surface area contributed by atoms with E-state index in [1.54, 1.807) is 50.5 Å². The highest BCUT2D eigenvalue weighted by molar-refractivity contribution is 5.74. The predicted molar refractivity (Wildman–Crippen MR) is 107 cm³/mol. The summed E-state index contributed by atoms with van der Waals surface area (Å²) in [6, 6.07) is 10.8. The van der Waals surface area contributed by atoms with Gasteiger partial charge in [-0.15, -0.1) is 0 Å². The first kappa shape index (κ1) is 20.4. The molecule has 0 amide bonds. The van der Waals surface area contributed by atoms with E-state index in [1.807, 2.05) is 12.1 Å². The molecule has 0 N–H and O–H groups in total. The van der Waals surface area contributed by atoms with Crippen LogP contribution in [-0.2, 0) is 0 Å². The van der Waals surface area contributed by atoms with Crippen LogP contribution >= 0.6 is 0 Å². The minimum absolute atomic E-state index is 0.000210. The monoisotopic (exact) mass is 402 g/mol. The van der Waals surface area contributed by atoms with Gasteiger partial charge in [-0.2, -0.15) is 10.5 Å². The molecule has 0 bridgehead atoms. The molecule has 0 spiro atoms. The lowest BCUT2D eigenvalue weighted by Gasteiger charge is -2.21. The van der Waals surface area contributed by atoms with Gasteiger partial charge in [0.05, 0.1) is 25.6 Å². The topological polar surface area (TPSA) is 110 Å². The molecule has 0 fully saturated rings. The van der Waals surface area contributed by atoms with Crippen molar-refractivity contribution in [3.63, 3.8) is 0 Å². The van der Waals surface area contributed by atoms with Gasteiger partial charge in [0.25, 0.3) is 0 Å². The summed E-state index contributed by atoms with van der Waals surface area (Å²) in [6.45, 7) is 4.00. The Morgan fingerprint density at radius 2 is 1.17 bits per heavy atom. The van der Waals surface area contributed by atoms with Crippen molar-refractivity contribution in [2.75, 3.05) is 13.2 Å². The first-order chi connectivity index (χ1) is 14.7. The van der Waals surface area contributed by atoms with Gasteiger partial charge in [-0.3, -0.25) is 9.97 Å². The highest BCUT2D eigenvalue weighted by Gasteiger charge is 2.30. The molecule has 0 aliphatic rings. The molecule has 8 heteroatoms. The predicted octanol–water partition coefficient (Wildman–Crippen LogP) is 4.60. The summed E-state index contributed by atoms with van der Waals surface area (Å²) in [5.41, 5.74) is 0.000420. The van der Waals surface area contributed by atoms with E-state index in [0.717, 1.165) is 0 Å². The van der Waals surface area contributed by atoms with Crippen molar-refractivity contribution in [2.24, 2.45) is 0 Å². The molecule has 0 saturated heterocycles. The molecule has 30 heavy (non-hydrogen) atoms. The minimum atomic E-state index is 0.000210. The lowest BCUT2D eigenvalue weighted by atomic mass is 10.0. The van der Waals surface area contributed by atoms with Crippen LogP contribution in [0.3, 0.4) is 0 Å². The molecule has 1 aromatic carbocycles. The third-order valence-corrected chi connectivity index (χ3v) is 3.83. The van der Waals surface area contributed by atoms with E-state index < -0.39 is 0 Å². The number of hydrogen-bond donors (Lipinski definition) is 0. The normalized spacial score (nSPS) is 9.87. The van der Waals surface area contributed by atoms with Crippen molar-refractivity contribution < 1.29 is 18.9 Å². The SMILES string of the molecule is CCOc1c(C#N)c(C#N)c(OCC)c(Oc2cccnc2)c1Oc1cccnc1. The number of ether oxygens (including phenoxy) is 4. The molecule has 0 unspecified atom stereocenters. The average Bonchev–Trinajstić information content (AvgIpc) is 2.78. The van der Waals surface area contributed by atoms with E-state index in [1.165, 1.54) is 12.4 Å². The van der Waals surface area contributed by atoms with Crippen molar-refractivity contribution in [1.82, 2.24) is 9.97 Å². The molecule has 0 aliphatic heterocycles. The second kappa shape index (κ2) is 9.76. The molecular formula is C22H18N4O4. The smallest absolute Gasteiger partial charge is 0.217 e. The summed E-state index contributed by atoms with van der Waals surface area (Å²) in [6.07, 6.45) is 6.23.